The van der Waals surface area contributed by atoms with Gasteiger partial charge in [-0.1, -0.05) is 60.6 Å². The highest BCUT2D eigenvalue weighted by atomic mass is 16.3. The summed E-state index contributed by atoms with van der Waals surface area (Å²) in [6.45, 7) is 14.3. The standard InChI is InChI=1S/C25H30O3/c1-8-17-14-16-13-15(9-12-20(16)28-17)22(26)18-10-11-19(24(2,3)4)23(27)21(18)25(5,6)7/h9-14,27H,8H2,1-7H3. The molecule has 1 aromatic heterocycles. The molecule has 1 heterocycles. The number of phenolic OH excluding ortho intramolecular Hbond substituents is 1. The lowest BCUT2D eigenvalue weighted by atomic mass is 9.76. The molecule has 0 bridgehead atoms. The van der Waals surface area contributed by atoms with Crippen molar-refractivity contribution in [3.8, 4) is 5.75 Å². The van der Waals surface area contributed by atoms with Crippen molar-refractivity contribution >= 4 is 16.8 Å². The monoisotopic (exact) mass is 378 g/mol. The molecule has 0 aliphatic heterocycles. The number of carbonyl (C=O) groups is 1. The molecule has 2 aromatic carbocycles. The summed E-state index contributed by atoms with van der Waals surface area (Å²) in [5.74, 6) is 1.05. The van der Waals surface area contributed by atoms with Crippen LogP contribution in [0.3, 0.4) is 0 Å². The zero-order chi connectivity index (χ0) is 20.9. The molecule has 3 nitrogen and oxygen atoms in total. The zero-order valence-corrected chi connectivity index (χ0v) is 17.9. The van der Waals surface area contributed by atoms with E-state index in [-0.39, 0.29) is 22.4 Å². The van der Waals surface area contributed by atoms with Crippen molar-refractivity contribution in [3.05, 3.63) is 64.4 Å². The van der Waals surface area contributed by atoms with E-state index in [0.717, 1.165) is 28.7 Å². The van der Waals surface area contributed by atoms with Crippen LogP contribution in [0.5, 0.6) is 5.75 Å². The van der Waals surface area contributed by atoms with Gasteiger partial charge in [-0.2, -0.15) is 0 Å². The van der Waals surface area contributed by atoms with Crippen LogP contribution in [0.2, 0.25) is 0 Å². The zero-order valence-electron chi connectivity index (χ0n) is 17.9. The van der Waals surface area contributed by atoms with Crippen LogP contribution in [0.25, 0.3) is 11.0 Å². The number of ketones is 1. The number of aryl methyl sites for hydroxylation is 1. The molecule has 1 N–H and O–H groups in total. The summed E-state index contributed by atoms with van der Waals surface area (Å²) in [6, 6.07) is 11.2. The first-order valence-electron chi connectivity index (χ1n) is 9.87. The van der Waals surface area contributed by atoms with Crippen molar-refractivity contribution in [2.45, 2.75) is 65.7 Å². The van der Waals surface area contributed by atoms with Gasteiger partial charge in [0.1, 0.15) is 17.1 Å². The molecule has 0 aliphatic rings. The van der Waals surface area contributed by atoms with E-state index < -0.39 is 0 Å². The van der Waals surface area contributed by atoms with E-state index in [2.05, 4.69) is 20.8 Å². The number of rotatable bonds is 3. The minimum absolute atomic E-state index is 0.0816. The molecule has 0 unspecified atom stereocenters. The largest absolute Gasteiger partial charge is 0.507 e. The number of hydrogen-bond acceptors (Lipinski definition) is 3. The Balaban J connectivity index is 2.17. The molecular formula is C25H30O3. The summed E-state index contributed by atoms with van der Waals surface area (Å²) in [5, 5.41) is 12.0. The van der Waals surface area contributed by atoms with Crippen molar-refractivity contribution < 1.29 is 14.3 Å². The Labute approximate surface area is 167 Å². The van der Waals surface area contributed by atoms with Crippen LogP contribution in [-0.2, 0) is 17.3 Å². The summed E-state index contributed by atoms with van der Waals surface area (Å²) in [4.78, 5) is 13.4. The van der Waals surface area contributed by atoms with Crippen LogP contribution in [0.15, 0.2) is 40.8 Å². The summed E-state index contributed by atoms with van der Waals surface area (Å²) in [7, 11) is 0. The SMILES string of the molecule is CCc1cc2cc(C(=O)c3ccc(C(C)(C)C)c(O)c3C(C)(C)C)ccc2o1. The highest BCUT2D eigenvalue weighted by Gasteiger charge is 2.30. The molecular weight excluding hydrogens is 348 g/mol. The van der Waals surface area contributed by atoms with E-state index >= 15 is 0 Å². The molecule has 0 saturated heterocycles. The third-order valence-electron chi connectivity index (χ3n) is 5.16. The molecule has 0 radical (unpaired) electrons. The van der Waals surface area contributed by atoms with E-state index in [1.807, 2.05) is 58.0 Å². The minimum atomic E-state index is -0.370. The van der Waals surface area contributed by atoms with Crippen molar-refractivity contribution in [1.82, 2.24) is 0 Å². The Bertz CT molecular complexity index is 1040. The smallest absolute Gasteiger partial charge is 0.193 e. The summed E-state index contributed by atoms with van der Waals surface area (Å²) >= 11 is 0. The van der Waals surface area contributed by atoms with Crippen LogP contribution in [0.4, 0.5) is 0 Å². The van der Waals surface area contributed by atoms with Crippen LogP contribution in [0, 0.1) is 0 Å². The molecule has 3 heteroatoms. The third kappa shape index (κ3) is 3.58. The molecule has 28 heavy (non-hydrogen) atoms. The predicted molar refractivity (Wildman–Crippen MR) is 115 cm³/mol. The topological polar surface area (TPSA) is 50.4 Å². The van der Waals surface area contributed by atoms with Gasteiger partial charge in [0.2, 0.25) is 0 Å². The van der Waals surface area contributed by atoms with Crippen molar-refractivity contribution in [1.29, 1.82) is 0 Å². The first kappa shape index (κ1) is 20.2. The van der Waals surface area contributed by atoms with Crippen LogP contribution < -0.4 is 0 Å². The number of carbonyl (C=O) groups excluding carboxylic acids is 1. The average molecular weight is 379 g/mol. The van der Waals surface area contributed by atoms with Gasteiger partial charge in [-0.3, -0.25) is 4.79 Å². The van der Waals surface area contributed by atoms with Gasteiger partial charge >= 0.3 is 0 Å². The highest BCUT2D eigenvalue weighted by Crippen LogP contribution is 2.41. The number of aromatic hydroxyl groups is 1. The van der Waals surface area contributed by atoms with Gasteiger partial charge in [0.25, 0.3) is 0 Å². The van der Waals surface area contributed by atoms with E-state index in [4.69, 9.17) is 4.42 Å². The Kier molecular flexibility index (Phi) is 4.91. The van der Waals surface area contributed by atoms with Gasteiger partial charge < -0.3 is 9.52 Å². The summed E-state index contributed by atoms with van der Waals surface area (Å²) in [6.07, 6.45) is 0.814. The van der Waals surface area contributed by atoms with E-state index in [1.165, 1.54) is 0 Å². The van der Waals surface area contributed by atoms with Gasteiger partial charge in [0, 0.05) is 28.5 Å². The lowest BCUT2D eigenvalue weighted by Crippen LogP contribution is -2.21. The normalized spacial score (nSPS) is 12.5. The van der Waals surface area contributed by atoms with Crippen LogP contribution in [0.1, 0.15) is 81.3 Å². The minimum Gasteiger partial charge on any atom is -0.507 e. The molecule has 0 spiro atoms. The predicted octanol–water partition coefficient (Wildman–Crippen LogP) is 6.53. The van der Waals surface area contributed by atoms with Gasteiger partial charge in [0.05, 0.1) is 0 Å². The van der Waals surface area contributed by atoms with Gasteiger partial charge in [-0.15, -0.1) is 0 Å². The second-order valence-electron chi connectivity index (χ2n) is 9.53. The second kappa shape index (κ2) is 6.80. The number of hydrogen-bond donors (Lipinski definition) is 1. The van der Waals surface area contributed by atoms with E-state index in [1.54, 1.807) is 6.07 Å². The molecule has 148 valence electrons. The Hall–Kier alpha value is -2.55. The Morgan fingerprint density at radius 3 is 2.21 bits per heavy atom. The molecule has 0 atom stereocenters. The lowest BCUT2D eigenvalue weighted by Gasteiger charge is -2.29. The Morgan fingerprint density at radius 1 is 0.964 bits per heavy atom. The first-order valence-corrected chi connectivity index (χ1v) is 9.87. The average Bonchev–Trinajstić information content (AvgIpc) is 3.00. The van der Waals surface area contributed by atoms with Gasteiger partial charge in [-0.05, 0) is 40.7 Å². The van der Waals surface area contributed by atoms with Gasteiger partial charge in [0.15, 0.2) is 5.78 Å². The molecule has 3 aromatic rings. The maximum atomic E-state index is 13.4. The molecule has 0 aliphatic carbocycles. The van der Waals surface area contributed by atoms with E-state index in [0.29, 0.717) is 16.7 Å². The number of furan rings is 1. The van der Waals surface area contributed by atoms with Crippen molar-refractivity contribution in [2.24, 2.45) is 0 Å². The van der Waals surface area contributed by atoms with Crippen molar-refractivity contribution in [3.63, 3.8) is 0 Å². The van der Waals surface area contributed by atoms with Crippen molar-refractivity contribution in [2.75, 3.05) is 0 Å². The Morgan fingerprint density at radius 2 is 1.64 bits per heavy atom. The summed E-state index contributed by atoms with van der Waals surface area (Å²) < 4.78 is 5.76. The van der Waals surface area contributed by atoms with Crippen LogP contribution >= 0.6 is 0 Å². The maximum Gasteiger partial charge on any atom is 0.193 e. The maximum absolute atomic E-state index is 13.4. The fraction of sp³-hybridized carbons (Fsp3) is 0.400. The first-order chi connectivity index (χ1) is 12.9. The van der Waals surface area contributed by atoms with Gasteiger partial charge in [-0.25, -0.2) is 0 Å². The van der Waals surface area contributed by atoms with Crippen LogP contribution in [-0.4, -0.2) is 10.9 Å². The molecule has 0 saturated carbocycles. The number of phenols is 1. The molecule has 0 fully saturated rings. The van der Waals surface area contributed by atoms with E-state index in [9.17, 15) is 9.90 Å². The third-order valence-corrected chi connectivity index (χ3v) is 5.16. The molecule has 0 amide bonds. The lowest BCUT2D eigenvalue weighted by molar-refractivity contribution is 0.103. The highest BCUT2D eigenvalue weighted by molar-refractivity contribution is 6.12. The summed E-state index contributed by atoms with van der Waals surface area (Å²) in [5.41, 5.74) is 2.92. The molecule has 3 rings (SSSR count). The fourth-order valence-corrected chi connectivity index (χ4v) is 3.71. The quantitative estimate of drug-likeness (QED) is 0.527. The number of benzene rings is 2. The fourth-order valence-electron chi connectivity index (χ4n) is 3.71. The second-order valence-corrected chi connectivity index (χ2v) is 9.53. The number of fused-ring (bicyclic) bond motifs is 1.